The molecule has 1 aromatic carbocycles. The minimum absolute atomic E-state index is 0.0906. The number of aliphatic carboxylic acids is 1. The van der Waals surface area contributed by atoms with Crippen LogP contribution in [0.1, 0.15) is 25.8 Å². The summed E-state index contributed by atoms with van der Waals surface area (Å²) in [6, 6.07) is 7.32. The third kappa shape index (κ3) is 7.77. The summed E-state index contributed by atoms with van der Waals surface area (Å²) in [5.74, 6) is -1.28. The normalized spacial score (nSPS) is 12.9. The lowest BCUT2D eigenvalue weighted by molar-refractivity contribution is -0.143. The Hall–Kier alpha value is -2.22. The minimum Gasteiger partial charge on any atom is -0.480 e. The molecule has 0 aliphatic heterocycles. The maximum atomic E-state index is 12.4. The van der Waals surface area contributed by atoms with Crippen LogP contribution < -0.4 is 10.6 Å². The smallest absolute Gasteiger partial charge is 0.408 e. The molecule has 0 spiro atoms. The molecule has 0 radical (unpaired) electrons. The van der Waals surface area contributed by atoms with Gasteiger partial charge in [-0.3, -0.25) is 4.79 Å². The highest BCUT2D eigenvalue weighted by molar-refractivity contribution is 7.98. The molecule has 3 N–H and O–H groups in total. The highest BCUT2D eigenvalue weighted by Gasteiger charge is 2.28. The van der Waals surface area contributed by atoms with Gasteiger partial charge in [0.05, 0.1) is 0 Å². The van der Waals surface area contributed by atoms with E-state index in [2.05, 4.69) is 10.6 Å². The molecule has 26 heavy (non-hydrogen) atoms. The maximum absolute atomic E-state index is 12.4. The molecule has 0 fully saturated rings. The van der Waals surface area contributed by atoms with Gasteiger partial charge >= 0.3 is 12.1 Å². The van der Waals surface area contributed by atoms with Gasteiger partial charge in [-0.05, 0) is 29.9 Å². The largest absolute Gasteiger partial charge is 0.480 e. The number of ether oxygens (including phenoxy) is 1. The predicted octanol–water partition coefficient (Wildman–Crippen LogP) is 2.26. The topological polar surface area (TPSA) is 105 Å². The number of carbonyl (C=O) groups excluding carboxylic acids is 2. The second-order valence-electron chi connectivity index (χ2n) is 6.11. The number of hydrogen-bond acceptors (Lipinski definition) is 5. The number of rotatable bonds is 10. The Morgan fingerprint density at radius 2 is 1.81 bits per heavy atom. The van der Waals surface area contributed by atoms with Gasteiger partial charge in [0.2, 0.25) is 5.91 Å². The van der Waals surface area contributed by atoms with Gasteiger partial charge in [-0.2, -0.15) is 11.8 Å². The molecule has 0 unspecified atom stereocenters. The van der Waals surface area contributed by atoms with Crippen molar-refractivity contribution in [1.82, 2.24) is 10.6 Å². The molecule has 7 nitrogen and oxygen atoms in total. The van der Waals surface area contributed by atoms with Crippen LogP contribution in [0.4, 0.5) is 4.79 Å². The van der Waals surface area contributed by atoms with Crippen LogP contribution in [0, 0.1) is 5.92 Å². The SMILES string of the molecule is CSCC[C@@H](NC(=O)OCc1ccccc1)C(=O)N[C@@H](C(=O)O)C(C)C. The fraction of sp³-hybridized carbons (Fsp3) is 0.500. The number of benzene rings is 1. The van der Waals surface area contributed by atoms with Crippen LogP contribution >= 0.6 is 11.8 Å². The van der Waals surface area contributed by atoms with E-state index < -0.39 is 30.1 Å². The van der Waals surface area contributed by atoms with Gasteiger partial charge < -0.3 is 20.5 Å². The molecule has 8 heteroatoms. The molecule has 2 amide bonds. The summed E-state index contributed by atoms with van der Waals surface area (Å²) in [5.41, 5.74) is 0.832. The van der Waals surface area contributed by atoms with Crippen LogP contribution in [0.3, 0.4) is 0 Å². The van der Waals surface area contributed by atoms with Crippen LogP contribution in [0.25, 0.3) is 0 Å². The first-order valence-corrected chi connectivity index (χ1v) is 9.73. The number of alkyl carbamates (subject to hydrolysis) is 1. The van der Waals surface area contributed by atoms with Gasteiger partial charge in [0, 0.05) is 0 Å². The molecule has 0 aromatic heterocycles. The lowest BCUT2D eigenvalue weighted by Crippen LogP contribution is -2.53. The molecule has 0 bridgehead atoms. The van der Waals surface area contributed by atoms with E-state index in [0.29, 0.717) is 12.2 Å². The van der Waals surface area contributed by atoms with E-state index in [1.807, 2.05) is 36.6 Å². The fourth-order valence-corrected chi connectivity index (χ4v) is 2.65. The van der Waals surface area contributed by atoms with Crippen molar-refractivity contribution in [3.8, 4) is 0 Å². The molecular weight excluding hydrogens is 356 g/mol. The zero-order chi connectivity index (χ0) is 19.5. The first-order valence-electron chi connectivity index (χ1n) is 8.34. The summed E-state index contributed by atoms with van der Waals surface area (Å²) in [4.78, 5) is 35.7. The summed E-state index contributed by atoms with van der Waals surface area (Å²) < 4.78 is 5.14. The highest BCUT2D eigenvalue weighted by Crippen LogP contribution is 2.07. The summed E-state index contributed by atoms with van der Waals surface area (Å²) in [5, 5.41) is 14.2. The van der Waals surface area contributed by atoms with Crippen molar-refractivity contribution < 1.29 is 24.2 Å². The molecule has 1 aromatic rings. The average Bonchev–Trinajstić information content (AvgIpc) is 2.61. The average molecular weight is 382 g/mol. The van der Waals surface area contributed by atoms with Crippen LogP contribution in [-0.4, -0.2) is 47.2 Å². The van der Waals surface area contributed by atoms with Crippen molar-refractivity contribution in [3.63, 3.8) is 0 Å². The monoisotopic (exact) mass is 382 g/mol. The number of carbonyl (C=O) groups is 3. The molecule has 0 aliphatic carbocycles. The minimum atomic E-state index is -1.11. The molecule has 0 aliphatic rings. The zero-order valence-corrected chi connectivity index (χ0v) is 16.0. The molecule has 0 saturated heterocycles. The van der Waals surface area contributed by atoms with Crippen molar-refractivity contribution >= 4 is 29.7 Å². The Morgan fingerprint density at radius 1 is 1.15 bits per heavy atom. The van der Waals surface area contributed by atoms with Crippen LogP contribution in [0.15, 0.2) is 30.3 Å². The van der Waals surface area contributed by atoms with Crippen molar-refractivity contribution in [2.45, 2.75) is 39.0 Å². The number of nitrogens with one attached hydrogen (secondary N) is 2. The quantitative estimate of drug-likeness (QED) is 0.573. The Bertz CT molecular complexity index is 595. The lowest BCUT2D eigenvalue weighted by Gasteiger charge is -2.23. The molecule has 2 atom stereocenters. The Labute approximate surface area is 157 Å². The summed E-state index contributed by atoms with van der Waals surface area (Å²) >= 11 is 1.53. The standard InChI is InChI=1S/C18H26N2O5S/c1-12(2)15(17(22)23)20-16(21)14(9-10-26-3)19-18(24)25-11-13-7-5-4-6-8-13/h4-8,12,14-15H,9-11H2,1-3H3,(H,19,24)(H,20,21)(H,22,23)/t14-,15-/m1/s1. The maximum Gasteiger partial charge on any atom is 0.408 e. The Morgan fingerprint density at radius 3 is 2.35 bits per heavy atom. The van der Waals surface area contributed by atoms with E-state index in [0.717, 1.165) is 5.56 Å². The lowest BCUT2D eigenvalue weighted by atomic mass is 10.0. The Balaban J connectivity index is 2.65. The Kier molecular flexibility index (Phi) is 9.57. The molecule has 0 heterocycles. The van der Waals surface area contributed by atoms with E-state index in [1.54, 1.807) is 13.8 Å². The second kappa shape index (κ2) is 11.4. The summed E-state index contributed by atoms with van der Waals surface area (Å²) in [6.07, 6.45) is 1.54. The highest BCUT2D eigenvalue weighted by atomic mass is 32.2. The molecular formula is C18H26N2O5S. The predicted molar refractivity (Wildman–Crippen MR) is 101 cm³/mol. The van der Waals surface area contributed by atoms with E-state index in [9.17, 15) is 19.5 Å². The van der Waals surface area contributed by atoms with Crippen molar-refractivity contribution in [2.24, 2.45) is 5.92 Å². The molecule has 0 saturated carbocycles. The van der Waals surface area contributed by atoms with Crippen LogP contribution in [-0.2, 0) is 20.9 Å². The first-order chi connectivity index (χ1) is 12.3. The molecule has 144 valence electrons. The van der Waals surface area contributed by atoms with Gasteiger partial charge in [-0.1, -0.05) is 44.2 Å². The van der Waals surface area contributed by atoms with Gasteiger partial charge in [-0.25, -0.2) is 9.59 Å². The third-order valence-electron chi connectivity index (χ3n) is 3.66. The molecule has 1 rings (SSSR count). The summed E-state index contributed by atoms with van der Waals surface area (Å²) in [7, 11) is 0. The van der Waals surface area contributed by atoms with Gasteiger partial charge in [0.15, 0.2) is 0 Å². The second-order valence-corrected chi connectivity index (χ2v) is 7.09. The number of thioether (sulfide) groups is 1. The number of hydrogen-bond donors (Lipinski definition) is 3. The first kappa shape index (κ1) is 21.8. The van der Waals surface area contributed by atoms with E-state index in [-0.39, 0.29) is 12.5 Å². The van der Waals surface area contributed by atoms with Crippen molar-refractivity contribution in [2.75, 3.05) is 12.0 Å². The zero-order valence-electron chi connectivity index (χ0n) is 15.2. The number of amides is 2. The van der Waals surface area contributed by atoms with E-state index >= 15 is 0 Å². The number of carboxylic acid groups (broad SMARTS) is 1. The van der Waals surface area contributed by atoms with E-state index in [4.69, 9.17) is 4.74 Å². The van der Waals surface area contributed by atoms with Gasteiger partial charge in [0.25, 0.3) is 0 Å². The fourth-order valence-electron chi connectivity index (χ4n) is 2.18. The van der Waals surface area contributed by atoms with Crippen molar-refractivity contribution in [3.05, 3.63) is 35.9 Å². The van der Waals surface area contributed by atoms with Gasteiger partial charge in [-0.15, -0.1) is 0 Å². The van der Waals surface area contributed by atoms with Gasteiger partial charge in [0.1, 0.15) is 18.7 Å². The van der Waals surface area contributed by atoms with E-state index in [1.165, 1.54) is 11.8 Å². The number of carboxylic acids is 1. The third-order valence-corrected chi connectivity index (χ3v) is 4.31. The van der Waals surface area contributed by atoms with Crippen LogP contribution in [0.2, 0.25) is 0 Å². The summed E-state index contributed by atoms with van der Waals surface area (Å²) in [6.45, 7) is 3.50. The van der Waals surface area contributed by atoms with Crippen molar-refractivity contribution in [1.29, 1.82) is 0 Å². The van der Waals surface area contributed by atoms with Crippen LogP contribution in [0.5, 0.6) is 0 Å².